The average Bonchev–Trinajstić information content (AvgIpc) is 2.71. The second-order valence-corrected chi connectivity index (χ2v) is 8.52. The highest BCUT2D eigenvalue weighted by molar-refractivity contribution is 7.92. The number of nitrogens with zero attached hydrogens (tertiary/aromatic N) is 1. The first-order chi connectivity index (χ1) is 14.1. The second-order valence-electron chi connectivity index (χ2n) is 6.14. The number of para-hydroxylation sites is 1. The Labute approximate surface area is 175 Å². The van der Waals surface area contributed by atoms with E-state index in [1.165, 1.54) is 31.3 Å². The highest BCUT2D eigenvalue weighted by Gasteiger charge is 2.24. The van der Waals surface area contributed by atoms with Crippen LogP contribution < -0.4 is 9.62 Å². The number of nitrogens with one attached hydrogen (secondary N) is 1. The Balaban J connectivity index is 1.96. The number of anilines is 2. The fourth-order valence-corrected chi connectivity index (χ4v) is 4.01. The lowest BCUT2D eigenvalue weighted by atomic mass is 10.2. The third kappa shape index (κ3) is 4.27. The zero-order valence-electron chi connectivity index (χ0n) is 15.4. The van der Waals surface area contributed by atoms with Crippen molar-refractivity contribution in [3.8, 4) is 0 Å². The highest BCUT2D eigenvalue weighted by Crippen LogP contribution is 2.27. The summed E-state index contributed by atoms with van der Waals surface area (Å²) in [7, 11) is -2.89. The number of sulfonamides is 1. The predicted molar refractivity (Wildman–Crippen MR) is 108 cm³/mol. The molecule has 0 atom stereocenters. The number of carbonyl (C=O) groups is 1. The molecule has 156 valence electrons. The van der Waals surface area contributed by atoms with E-state index < -0.39 is 39.1 Å². The molecule has 3 rings (SSSR count). The zero-order valence-corrected chi connectivity index (χ0v) is 16.9. The van der Waals surface area contributed by atoms with E-state index in [2.05, 4.69) is 5.32 Å². The third-order valence-corrected chi connectivity index (χ3v) is 6.34. The molecule has 0 fully saturated rings. The first kappa shape index (κ1) is 21.7. The molecule has 0 bridgehead atoms. The van der Waals surface area contributed by atoms with Gasteiger partial charge in [0, 0.05) is 7.05 Å². The Morgan fingerprint density at radius 1 is 0.967 bits per heavy atom. The van der Waals surface area contributed by atoms with Crippen LogP contribution in [-0.2, 0) is 10.0 Å². The lowest BCUT2D eigenvalue weighted by Crippen LogP contribution is -2.27. The molecule has 0 aliphatic heterocycles. The largest absolute Gasteiger partial charge is 0.317 e. The molecule has 0 spiro atoms. The van der Waals surface area contributed by atoms with E-state index in [1.54, 1.807) is 0 Å². The zero-order chi connectivity index (χ0) is 22.1. The van der Waals surface area contributed by atoms with Gasteiger partial charge in [0.1, 0.15) is 23.1 Å². The Morgan fingerprint density at radius 3 is 2.17 bits per heavy atom. The fraction of sp³-hybridized carbons (Fsp3) is 0.0500. The van der Waals surface area contributed by atoms with Gasteiger partial charge in [0.2, 0.25) is 0 Å². The Hall–Kier alpha value is -3.04. The molecule has 0 radical (unpaired) electrons. The van der Waals surface area contributed by atoms with Crippen molar-refractivity contribution in [1.29, 1.82) is 0 Å². The molecule has 0 saturated heterocycles. The van der Waals surface area contributed by atoms with Gasteiger partial charge in [-0.25, -0.2) is 21.6 Å². The van der Waals surface area contributed by atoms with E-state index in [1.807, 2.05) is 0 Å². The number of hydrogen-bond donors (Lipinski definition) is 1. The minimum absolute atomic E-state index is 0.118. The van der Waals surface area contributed by atoms with Crippen molar-refractivity contribution in [3.63, 3.8) is 0 Å². The Bertz CT molecular complexity index is 1200. The molecular formula is C20H14ClF3N2O3S. The van der Waals surface area contributed by atoms with E-state index in [-0.39, 0.29) is 21.2 Å². The molecule has 0 aliphatic carbocycles. The molecule has 0 aliphatic rings. The van der Waals surface area contributed by atoms with Crippen LogP contribution in [0.2, 0.25) is 5.02 Å². The van der Waals surface area contributed by atoms with E-state index in [0.29, 0.717) is 0 Å². The van der Waals surface area contributed by atoms with Gasteiger partial charge in [-0.3, -0.25) is 9.10 Å². The molecule has 0 aromatic heterocycles. The van der Waals surface area contributed by atoms with Gasteiger partial charge in [-0.1, -0.05) is 17.7 Å². The quantitative estimate of drug-likeness (QED) is 0.600. The van der Waals surface area contributed by atoms with Crippen LogP contribution in [0.1, 0.15) is 10.4 Å². The standard InChI is InChI=1S/C20H14ClF3N2O3S/c1-26(13-7-5-12(22)6-8-13)30(28,29)14-9-10-16(21)15(11-14)20(27)25-19-17(23)3-2-4-18(19)24/h2-11H,1H3,(H,25,27). The maximum Gasteiger partial charge on any atom is 0.264 e. The molecule has 30 heavy (non-hydrogen) atoms. The smallest absolute Gasteiger partial charge is 0.264 e. The molecule has 1 N–H and O–H groups in total. The summed E-state index contributed by atoms with van der Waals surface area (Å²) in [4.78, 5) is 12.2. The normalized spacial score (nSPS) is 11.2. The number of carbonyl (C=O) groups excluding carboxylic acids is 1. The average molecular weight is 455 g/mol. The van der Waals surface area contributed by atoms with Crippen LogP contribution in [0, 0.1) is 17.5 Å². The van der Waals surface area contributed by atoms with Gasteiger partial charge < -0.3 is 5.32 Å². The van der Waals surface area contributed by atoms with Gasteiger partial charge in [0.25, 0.3) is 15.9 Å². The van der Waals surface area contributed by atoms with E-state index in [0.717, 1.165) is 40.7 Å². The third-order valence-electron chi connectivity index (χ3n) is 4.23. The summed E-state index contributed by atoms with van der Waals surface area (Å²) in [6.45, 7) is 0. The first-order valence-corrected chi connectivity index (χ1v) is 10.2. The number of benzene rings is 3. The summed E-state index contributed by atoms with van der Waals surface area (Å²) in [5, 5.41) is 1.94. The molecular weight excluding hydrogens is 441 g/mol. The van der Waals surface area contributed by atoms with E-state index in [9.17, 15) is 26.4 Å². The van der Waals surface area contributed by atoms with Gasteiger partial charge in [-0.05, 0) is 54.6 Å². The lowest BCUT2D eigenvalue weighted by Gasteiger charge is -2.20. The van der Waals surface area contributed by atoms with Gasteiger partial charge in [-0.15, -0.1) is 0 Å². The van der Waals surface area contributed by atoms with Crippen LogP contribution in [0.15, 0.2) is 65.6 Å². The van der Waals surface area contributed by atoms with Crippen molar-refractivity contribution in [2.45, 2.75) is 4.90 Å². The molecule has 0 saturated carbocycles. The topological polar surface area (TPSA) is 66.5 Å². The summed E-state index contributed by atoms with van der Waals surface area (Å²) < 4.78 is 67.4. The molecule has 0 heterocycles. The van der Waals surface area contributed by atoms with Crippen LogP contribution in [0.4, 0.5) is 24.5 Å². The van der Waals surface area contributed by atoms with Crippen LogP contribution in [0.5, 0.6) is 0 Å². The molecule has 3 aromatic carbocycles. The first-order valence-electron chi connectivity index (χ1n) is 8.40. The SMILES string of the molecule is CN(c1ccc(F)cc1)S(=O)(=O)c1ccc(Cl)c(C(=O)Nc2c(F)cccc2F)c1. The van der Waals surface area contributed by atoms with Gasteiger partial charge >= 0.3 is 0 Å². The highest BCUT2D eigenvalue weighted by atomic mass is 35.5. The van der Waals surface area contributed by atoms with Gasteiger partial charge in [0.15, 0.2) is 0 Å². The van der Waals surface area contributed by atoms with Gasteiger partial charge in [-0.2, -0.15) is 0 Å². The van der Waals surface area contributed by atoms with Crippen molar-refractivity contribution in [3.05, 3.63) is 88.7 Å². The number of halogens is 4. The van der Waals surface area contributed by atoms with Crippen LogP contribution in [0.25, 0.3) is 0 Å². The minimum atomic E-state index is -4.14. The van der Waals surface area contributed by atoms with Crippen molar-refractivity contribution < 1.29 is 26.4 Å². The second kappa shape index (κ2) is 8.37. The van der Waals surface area contributed by atoms with Gasteiger partial charge in [0.05, 0.1) is 21.2 Å². The Kier molecular flexibility index (Phi) is 6.04. The summed E-state index contributed by atoms with van der Waals surface area (Å²) in [6, 6.07) is 11.2. The monoisotopic (exact) mass is 454 g/mol. The minimum Gasteiger partial charge on any atom is -0.317 e. The molecule has 10 heteroatoms. The van der Waals surface area contributed by atoms with Crippen molar-refractivity contribution >= 4 is 38.9 Å². The molecule has 5 nitrogen and oxygen atoms in total. The fourth-order valence-electron chi connectivity index (χ4n) is 2.58. The van der Waals surface area contributed by atoms with Crippen molar-refractivity contribution in [1.82, 2.24) is 0 Å². The molecule has 1 amide bonds. The van der Waals surface area contributed by atoms with Crippen LogP contribution in [-0.4, -0.2) is 21.4 Å². The number of amides is 1. The maximum atomic E-state index is 13.8. The summed E-state index contributed by atoms with van der Waals surface area (Å²) in [6.07, 6.45) is 0. The Morgan fingerprint density at radius 2 is 1.57 bits per heavy atom. The predicted octanol–water partition coefficient (Wildman–Crippen LogP) is 4.83. The van der Waals surface area contributed by atoms with Crippen LogP contribution in [0.3, 0.4) is 0 Å². The van der Waals surface area contributed by atoms with Crippen LogP contribution >= 0.6 is 11.6 Å². The molecule has 0 unspecified atom stereocenters. The van der Waals surface area contributed by atoms with E-state index >= 15 is 0 Å². The lowest BCUT2D eigenvalue weighted by molar-refractivity contribution is 0.102. The summed E-state index contributed by atoms with van der Waals surface area (Å²) in [5.74, 6) is -3.53. The summed E-state index contributed by atoms with van der Waals surface area (Å²) >= 11 is 6.00. The molecule has 3 aromatic rings. The maximum absolute atomic E-state index is 13.8. The number of rotatable bonds is 5. The number of hydrogen-bond acceptors (Lipinski definition) is 3. The van der Waals surface area contributed by atoms with Crippen molar-refractivity contribution in [2.24, 2.45) is 0 Å². The summed E-state index contributed by atoms with van der Waals surface area (Å²) in [5.41, 5.74) is -0.797. The van der Waals surface area contributed by atoms with Crippen molar-refractivity contribution in [2.75, 3.05) is 16.7 Å². The van der Waals surface area contributed by atoms with E-state index in [4.69, 9.17) is 11.6 Å².